The van der Waals surface area contributed by atoms with Crippen LogP contribution in [0.4, 0.5) is 11.8 Å². The Labute approximate surface area is 161 Å². The smallest absolute Gasteiger partial charge is 0.240 e. The summed E-state index contributed by atoms with van der Waals surface area (Å²) in [6.45, 7) is 8.32. The van der Waals surface area contributed by atoms with E-state index < -0.39 is 10.0 Å². The Morgan fingerprint density at radius 2 is 1.78 bits per heavy atom. The van der Waals surface area contributed by atoms with Crippen molar-refractivity contribution in [1.29, 1.82) is 0 Å². The fourth-order valence-electron chi connectivity index (χ4n) is 3.17. The molecule has 1 fully saturated rings. The van der Waals surface area contributed by atoms with Gasteiger partial charge in [0.1, 0.15) is 5.82 Å². The van der Waals surface area contributed by atoms with E-state index in [2.05, 4.69) is 24.9 Å². The monoisotopic (exact) mass is 389 g/mol. The average Bonchev–Trinajstić information content (AvgIpc) is 3.15. The molecule has 8 heteroatoms. The van der Waals surface area contributed by atoms with Crippen molar-refractivity contribution < 1.29 is 8.42 Å². The highest BCUT2D eigenvalue weighted by molar-refractivity contribution is 7.89. The number of anilines is 2. The van der Waals surface area contributed by atoms with Crippen LogP contribution in [0.25, 0.3) is 0 Å². The third-order valence-corrected chi connectivity index (χ3v) is 6.21. The van der Waals surface area contributed by atoms with Crippen molar-refractivity contribution in [3.05, 3.63) is 41.1 Å². The molecular formula is C19H27N5O2S. The van der Waals surface area contributed by atoms with E-state index in [1.54, 1.807) is 13.0 Å². The highest BCUT2D eigenvalue weighted by atomic mass is 32.2. The Hall–Kier alpha value is -2.19. The van der Waals surface area contributed by atoms with Gasteiger partial charge in [-0.1, -0.05) is 12.1 Å². The van der Waals surface area contributed by atoms with Gasteiger partial charge in [0.2, 0.25) is 16.0 Å². The van der Waals surface area contributed by atoms with Gasteiger partial charge in [-0.15, -0.1) is 0 Å². The maximum atomic E-state index is 12.5. The number of nitrogens with zero attached hydrogens (tertiary/aromatic N) is 3. The van der Waals surface area contributed by atoms with E-state index >= 15 is 0 Å². The van der Waals surface area contributed by atoms with Crippen LogP contribution in [0.3, 0.4) is 0 Å². The molecule has 7 nitrogen and oxygen atoms in total. The van der Waals surface area contributed by atoms with Crippen LogP contribution in [0.2, 0.25) is 0 Å². The Morgan fingerprint density at radius 1 is 1.04 bits per heavy atom. The molecule has 1 aliphatic heterocycles. The van der Waals surface area contributed by atoms with E-state index in [0.29, 0.717) is 17.4 Å². The highest BCUT2D eigenvalue weighted by Crippen LogP contribution is 2.20. The van der Waals surface area contributed by atoms with Crippen LogP contribution in [-0.2, 0) is 10.0 Å². The predicted octanol–water partition coefficient (Wildman–Crippen LogP) is 2.39. The molecule has 0 saturated carbocycles. The second-order valence-electron chi connectivity index (χ2n) is 6.98. The second-order valence-corrected chi connectivity index (χ2v) is 8.71. The minimum Gasteiger partial charge on any atom is -0.356 e. The van der Waals surface area contributed by atoms with Crippen molar-refractivity contribution in [3.8, 4) is 0 Å². The summed E-state index contributed by atoms with van der Waals surface area (Å²) in [5.74, 6) is 1.46. The fraction of sp³-hybridized carbons (Fsp3) is 0.474. The molecule has 0 unspecified atom stereocenters. The molecule has 0 radical (unpaired) electrons. The van der Waals surface area contributed by atoms with Gasteiger partial charge in [0, 0.05) is 37.9 Å². The standard InChI is InChI=1S/C19H27N5O2S/c1-14-6-7-15(2)17(12-14)27(25,26)21-9-8-20-19-22-16(3)13-18(23-19)24-10-4-5-11-24/h6-7,12-13,21H,4-5,8-11H2,1-3H3,(H,20,22,23). The van der Waals surface area contributed by atoms with Crippen LogP contribution in [0, 0.1) is 20.8 Å². The van der Waals surface area contributed by atoms with Crippen molar-refractivity contribution in [2.24, 2.45) is 0 Å². The molecule has 0 bridgehead atoms. The summed E-state index contributed by atoms with van der Waals surface area (Å²) in [4.78, 5) is 11.5. The van der Waals surface area contributed by atoms with Crippen LogP contribution >= 0.6 is 0 Å². The topological polar surface area (TPSA) is 87.2 Å². The SMILES string of the molecule is Cc1ccc(C)c(S(=O)(=O)NCCNc2nc(C)cc(N3CCCC3)n2)c1. The zero-order valence-corrected chi connectivity index (χ0v) is 16.9. The molecule has 1 aromatic heterocycles. The van der Waals surface area contributed by atoms with Crippen molar-refractivity contribution in [2.45, 2.75) is 38.5 Å². The average molecular weight is 390 g/mol. The third kappa shape index (κ3) is 4.95. The predicted molar refractivity (Wildman–Crippen MR) is 108 cm³/mol. The van der Waals surface area contributed by atoms with Crippen molar-refractivity contribution in [2.75, 3.05) is 36.4 Å². The first-order chi connectivity index (χ1) is 12.8. The summed E-state index contributed by atoms with van der Waals surface area (Å²) in [7, 11) is -3.54. The Morgan fingerprint density at radius 3 is 2.52 bits per heavy atom. The molecule has 3 rings (SSSR count). The molecule has 1 saturated heterocycles. The van der Waals surface area contributed by atoms with Gasteiger partial charge >= 0.3 is 0 Å². The van der Waals surface area contributed by atoms with E-state index in [-0.39, 0.29) is 6.54 Å². The third-order valence-electron chi connectivity index (χ3n) is 4.60. The Bertz CT molecular complexity index is 908. The minimum absolute atomic E-state index is 0.256. The lowest BCUT2D eigenvalue weighted by Gasteiger charge is -2.17. The maximum Gasteiger partial charge on any atom is 0.240 e. The van der Waals surface area contributed by atoms with E-state index in [4.69, 9.17) is 0 Å². The number of nitrogens with one attached hydrogen (secondary N) is 2. The summed E-state index contributed by atoms with van der Waals surface area (Å²) in [6, 6.07) is 7.41. The van der Waals surface area contributed by atoms with E-state index in [1.807, 2.05) is 32.0 Å². The van der Waals surface area contributed by atoms with Gasteiger partial charge < -0.3 is 10.2 Å². The Balaban J connectivity index is 1.59. The maximum absolute atomic E-state index is 12.5. The largest absolute Gasteiger partial charge is 0.356 e. The molecule has 2 heterocycles. The van der Waals surface area contributed by atoms with Crippen LogP contribution in [0.1, 0.15) is 29.7 Å². The number of rotatable bonds is 7. The molecule has 1 aromatic carbocycles. The van der Waals surface area contributed by atoms with E-state index in [0.717, 1.165) is 35.7 Å². The number of aryl methyl sites for hydroxylation is 3. The van der Waals surface area contributed by atoms with Gasteiger partial charge in [0.15, 0.2) is 0 Å². The molecule has 0 spiro atoms. The van der Waals surface area contributed by atoms with Crippen LogP contribution in [0.5, 0.6) is 0 Å². The van der Waals surface area contributed by atoms with Gasteiger partial charge in [-0.05, 0) is 50.8 Å². The van der Waals surface area contributed by atoms with Crippen LogP contribution in [-0.4, -0.2) is 44.6 Å². The lowest BCUT2D eigenvalue weighted by molar-refractivity contribution is 0.582. The molecule has 0 amide bonds. The van der Waals surface area contributed by atoms with Crippen LogP contribution in [0.15, 0.2) is 29.2 Å². The van der Waals surface area contributed by atoms with Gasteiger partial charge in [-0.25, -0.2) is 18.1 Å². The van der Waals surface area contributed by atoms with Crippen molar-refractivity contribution in [1.82, 2.24) is 14.7 Å². The molecule has 146 valence electrons. The zero-order chi connectivity index (χ0) is 19.4. The fourth-order valence-corrected chi connectivity index (χ4v) is 4.53. The summed E-state index contributed by atoms with van der Waals surface area (Å²) in [5, 5.41) is 3.12. The molecule has 27 heavy (non-hydrogen) atoms. The summed E-state index contributed by atoms with van der Waals surface area (Å²) >= 11 is 0. The molecule has 0 aliphatic carbocycles. The van der Waals surface area contributed by atoms with E-state index in [9.17, 15) is 8.42 Å². The van der Waals surface area contributed by atoms with Gasteiger partial charge in [-0.3, -0.25) is 0 Å². The van der Waals surface area contributed by atoms with Crippen molar-refractivity contribution >= 4 is 21.8 Å². The molecular weight excluding hydrogens is 362 g/mol. The first kappa shape index (κ1) is 19.6. The molecule has 2 N–H and O–H groups in total. The molecule has 0 atom stereocenters. The first-order valence-electron chi connectivity index (χ1n) is 9.26. The Kier molecular flexibility index (Phi) is 5.96. The number of hydrogen-bond donors (Lipinski definition) is 2. The summed E-state index contributed by atoms with van der Waals surface area (Å²) in [5.41, 5.74) is 2.55. The number of aromatic nitrogens is 2. The highest BCUT2D eigenvalue weighted by Gasteiger charge is 2.17. The minimum atomic E-state index is -3.54. The number of sulfonamides is 1. The van der Waals surface area contributed by atoms with Gasteiger partial charge in [0.25, 0.3) is 0 Å². The van der Waals surface area contributed by atoms with Crippen molar-refractivity contribution in [3.63, 3.8) is 0 Å². The number of hydrogen-bond acceptors (Lipinski definition) is 6. The lowest BCUT2D eigenvalue weighted by atomic mass is 10.2. The van der Waals surface area contributed by atoms with Gasteiger partial charge in [0.05, 0.1) is 4.90 Å². The molecule has 1 aliphatic rings. The zero-order valence-electron chi connectivity index (χ0n) is 16.1. The normalized spacial score (nSPS) is 14.6. The summed E-state index contributed by atoms with van der Waals surface area (Å²) in [6.07, 6.45) is 2.37. The van der Waals surface area contributed by atoms with E-state index in [1.165, 1.54) is 12.8 Å². The number of benzene rings is 1. The molecule has 2 aromatic rings. The van der Waals surface area contributed by atoms with Gasteiger partial charge in [-0.2, -0.15) is 4.98 Å². The van der Waals surface area contributed by atoms with Crippen LogP contribution < -0.4 is 14.9 Å². The quantitative estimate of drug-likeness (QED) is 0.707. The first-order valence-corrected chi connectivity index (χ1v) is 10.7. The lowest BCUT2D eigenvalue weighted by Crippen LogP contribution is -2.30. The summed E-state index contributed by atoms with van der Waals surface area (Å²) < 4.78 is 27.7. The second kappa shape index (κ2) is 8.22.